The highest BCUT2D eigenvalue weighted by atomic mass is 16.4. The Morgan fingerprint density at radius 3 is 2.87 bits per heavy atom. The summed E-state index contributed by atoms with van der Waals surface area (Å²) in [5.74, 6) is 0.471. The molecule has 118 valence electrons. The maximum absolute atomic E-state index is 12.0. The van der Waals surface area contributed by atoms with E-state index in [1.165, 1.54) is 6.20 Å². The first-order valence-electron chi connectivity index (χ1n) is 7.21. The van der Waals surface area contributed by atoms with Gasteiger partial charge in [-0.25, -0.2) is 0 Å². The standard InChI is InChI=1S/C15H16N6O2/c1-3-21-9-12(7-18-21)14(22)17-8-13-19-20-15(23-13)11-5-4-10(2)16-6-11/h4-7,9H,3,8H2,1-2H3,(H,17,22). The normalized spacial score (nSPS) is 10.7. The molecule has 0 saturated heterocycles. The fourth-order valence-electron chi connectivity index (χ4n) is 1.95. The molecule has 0 aromatic carbocycles. The van der Waals surface area contributed by atoms with Gasteiger partial charge in [-0.05, 0) is 26.0 Å². The second kappa shape index (κ2) is 6.39. The number of carbonyl (C=O) groups is 1. The fraction of sp³-hybridized carbons (Fsp3) is 0.267. The van der Waals surface area contributed by atoms with Gasteiger partial charge in [0.05, 0.1) is 23.9 Å². The predicted octanol–water partition coefficient (Wildman–Crippen LogP) is 1.59. The van der Waals surface area contributed by atoms with Crippen molar-refractivity contribution >= 4 is 5.91 Å². The van der Waals surface area contributed by atoms with Crippen LogP contribution < -0.4 is 5.32 Å². The van der Waals surface area contributed by atoms with Crippen molar-refractivity contribution in [1.82, 2.24) is 30.3 Å². The molecule has 3 rings (SSSR count). The lowest BCUT2D eigenvalue weighted by Gasteiger charge is -1.99. The van der Waals surface area contributed by atoms with E-state index in [0.717, 1.165) is 11.3 Å². The maximum atomic E-state index is 12.0. The van der Waals surface area contributed by atoms with Gasteiger partial charge in [0.2, 0.25) is 11.8 Å². The van der Waals surface area contributed by atoms with Gasteiger partial charge in [-0.2, -0.15) is 5.10 Å². The van der Waals surface area contributed by atoms with Gasteiger partial charge in [0, 0.05) is 24.6 Å². The van der Waals surface area contributed by atoms with Crippen molar-refractivity contribution in [2.45, 2.75) is 26.9 Å². The Balaban J connectivity index is 1.63. The van der Waals surface area contributed by atoms with Crippen LogP contribution >= 0.6 is 0 Å². The van der Waals surface area contributed by atoms with E-state index in [4.69, 9.17) is 4.42 Å². The van der Waals surface area contributed by atoms with E-state index in [1.54, 1.807) is 17.1 Å². The zero-order valence-electron chi connectivity index (χ0n) is 12.9. The molecule has 0 fully saturated rings. The predicted molar refractivity (Wildman–Crippen MR) is 81.3 cm³/mol. The van der Waals surface area contributed by atoms with Crippen LogP contribution in [-0.2, 0) is 13.1 Å². The summed E-state index contributed by atoms with van der Waals surface area (Å²) in [5, 5.41) is 14.7. The molecule has 0 atom stereocenters. The lowest BCUT2D eigenvalue weighted by atomic mass is 10.2. The first kappa shape index (κ1) is 14.9. The highest BCUT2D eigenvalue weighted by molar-refractivity contribution is 5.93. The molecule has 1 N–H and O–H groups in total. The van der Waals surface area contributed by atoms with Crippen LogP contribution in [0.1, 0.15) is 28.9 Å². The minimum absolute atomic E-state index is 0.155. The molecule has 8 nitrogen and oxygen atoms in total. The lowest BCUT2D eigenvalue weighted by Crippen LogP contribution is -2.22. The molecule has 1 amide bonds. The van der Waals surface area contributed by atoms with Crippen molar-refractivity contribution in [3.8, 4) is 11.5 Å². The summed E-state index contributed by atoms with van der Waals surface area (Å²) in [7, 11) is 0. The quantitative estimate of drug-likeness (QED) is 0.768. The molecular weight excluding hydrogens is 296 g/mol. The zero-order valence-corrected chi connectivity index (χ0v) is 12.9. The van der Waals surface area contributed by atoms with Gasteiger partial charge < -0.3 is 9.73 Å². The largest absolute Gasteiger partial charge is 0.419 e. The minimum atomic E-state index is -0.235. The Labute approximate surface area is 132 Å². The summed E-state index contributed by atoms with van der Waals surface area (Å²) < 4.78 is 7.21. The van der Waals surface area contributed by atoms with Crippen LogP contribution in [-0.4, -0.2) is 30.9 Å². The third kappa shape index (κ3) is 3.42. The first-order chi connectivity index (χ1) is 11.2. The third-order valence-electron chi connectivity index (χ3n) is 3.24. The molecule has 0 spiro atoms. The van der Waals surface area contributed by atoms with Gasteiger partial charge in [-0.3, -0.25) is 14.5 Å². The van der Waals surface area contributed by atoms with Crippen molar-refractivity contribution in [3.63, 3.8) is 0 Å². The number of aromatic nitrogens is 5. The highest BCUT2D eigenvalue weighted by Crippen LogP contribution is 2.16. The molecule has 0 radical (unpaired) electrons. The molecule has 23 heavy (non-hydrogen) atoms. The molecule has 3 aromatic heterocycles. The molecule has 0 bridgehead atoms. The number of nitrogens with zero attached hydrogens (tertiary/aromatic N) is 5. The number of rotatable bonds is 5. The first-order valence-corrected chi connectivity index (χ1v) is 7.21. The molecule has 3 heterocycles. The smallest absolute Gasteiger partial charge is 0.254 e. The van der Waals surface area contributed by atoms with Crippen LogP contribution in [0.2, 0.25) is 0 Å². The molecule has 0 aliphatic heterocycles. The SMILES string of the molecule is CCn1cc(C(=O)NCc2nnc(-c3ccc(C)nc3)o2)cn1. The molecule has 8 heteroatoms. The Morgan fingerprint density at radius 1 is 1.30 bits per heavy atom. The molecule has 0 saturated carbocycles. The second-order valence-corrected chi connectivity index (χ2v) is 4.96. The summed E-state index contributed by atoms with van der Waals surface area (Å²) in [5.41, 5.74) is 2.15. The van der Waals surface area contributed by atoms with Crippen LogP contribution in [0.15, 0.2) is 35.1 Å². The summed E-state index contributed by atoms with van der Waals surface area (Å²) in [6.45, 7) is 4.72. The Kier molecular flexibility index (Phi) is 4.13. The van der Waals surface area contributed by atoms with Gasteiger partial charge >= 0.3 is 0 Å². The van der Waals surface area contributed by atoms with Crippen LogP contribution in [0.4, 0.5) is 0 Å². The number of hydrogen-bond donors (Lipinski definition) is 1. The van der Waals surface area contributed by atoms with Crippen molar-refractivity contribution in [2.75, 3.05) is 0 Å². The molecule has 0 aliphatic carbocycles. The molecule has 3 aromatic rings. The Bertz CT molecular complexity index is 805. The summed E-state index contributed by atoms with van der Waals surface area (Å²) >= 11 is 0. The number of aryl methyl sites for hydroxylation is 2. The van der Waals surface area contributed by atoms with Crippen LogP contribution in [0.5, 0.6) is 0 Å². The van der Waals surface area contributed by atoms with Gasteiger partial charge in [0.1, 0.15) is 0 Å². The number of pyridine rings is 1. The number of carbonyl (C=O) groups excluding carboxylic acids is 1. The maximum Gasteiger partial charge on any atom is 0.254 e. The van der Waals surface area contributed by atoms with Gasteiger partial charge in [-0.15, -0.1) is 10.2 Å². The average molecular weight is 312 g/mol. The van der Waals surface area contributed by atoms with E-state index in [1.807, 2.05) is 26.0 Å². The van der Waals surface area contributed by atoms with E-state index in [0.29, 0.717) is 23.9 Å². The lowest BCUT2D eigenvalue weighted by molar-refractivity contribution is 0.0947. The highest BCUT2D eigenvalue weighted by Gasteiger charge is 2.12. The van der Waals surface area contributed by atoms with E-state index in [-0.39, 0.29) is 12.5 Å². The Hall–Kier alpha value is -3.03. The van der Waals surface area contributed by atoms with Crippen molar-refractivity contribution in [1.29, 1.82) is 0 Å². The van der Waals surface area contributed by atoms with Crippen molar-refractivity contribution in [2.24, 2.45) is 0 Å². The van der Waals surface area contributed by atoms with Gasteiger partial charge in [-0.1, -0.05) is 0 Å². The zero-order chi connectivity index (χ0) is 16.2. The Morgan fingerprint density at radius 2 is 2.17 bits per heavy atom. The average Bonchev–Trinajstić information content (AvgIpc) is 3.22. The topological polar surface area (TPSA) is 98.7 Å². The van der Waals surface area contributed by atoms with Crippen LogP contribution in [0, 0.1) is 6.92 Å². The van der Waals surface area contributed by atoms with Gasteiger partial charge in [0.25, 0.3) is 5.91 Å². The minimum Gasteiger partial charge on any atom is -0.419 e. The molecule has 0 aliphatic rings. The summed E-state index contributed by atoms with van der Waals surface area (Å²) in [6.07, 6.45) is 4.88. The van der Waals surface area contributed by atoms with Crippen LogP contribution in [0.25, 0.3) is 11.5 Å². The van der Waals surface area contributed by atoms with Crippen molar-refractivity contribution < 1.29 is 9.21 Å². The number of amides is 1. The monoisotopic (exact) mass is 312 g/mol. The summed E-state index contributed by atoms with van der Waals surface area (Å²) in [4.78, 5) is 16.2. The number of nitrogens with one attached hydrogen (secondary N) is 1. The van der Waals surface area contributed by atoms with Crippen LogP contribution in [0.3, 0.4) is 0 Å². The second-order valence-electron chi connectivity index (χ2n) is 4.96. The number of hydrogen-bond acceptors (Lipinski definition) is 6. The molecule has 0 unspecified atom stereocenters. The van der Waals surface area contributed by atoms with E-state index in [9.17, 15) is 4.79 Å². The molecular formula is C15H16N6O2. The van der Waals surface area contributed by atoms with Crippen molar-refractivity contribution in [3.05, 3.63) is 47.9 Å². The van der Waals surface area contributed by atoms with E-state index in [2.05, 4.69) is 25.6 Å². The third-order valence-corrected chi connectivity index (χ3v) is 3.24. The summed E-state index contributed by atoms with van der Waals surface area (Å²) in [6, 6.07) is 3.73. The van der Waals surface area contributed by atoms with Gasteiger partial charge in [0.15, 0.2) is 0 Å². The van der Waals surface area contributed by atoms with E-state index < -0.39 is 0 Å². The van der Waals surface area contributed by atoms with E-state index >= 15 is 0 Å². The fourth-order valence-corrected chi connectivity index (χ4v) is 1.95.